The molecule has 21 heavy (non-hydrogen) atoms. The van der Waals surface area contributed by atoms with Gasteiger partial charge >= 0.3 is 5.97 Å². The number of carboxylic acid groups (broad SMARTS) is 1. The van der Waals surface area contributed by atoms with Gasteiger partial charge in [-0.1, -0.05) is 23.7 Å². The Hall–Kier alpha value is -1.92. The van der Waals surface area contributed by atoms with Crippen LogP contribution in [-0.4, -0.2) is 16.0 Å². The molecule has 0 radical (unpaired) electrons. The SMILES string of the molecule is Cc1ccc(CC(C(=O)O)c2ccc(Cl)s2)cc1[N+](=O)[O-]. The van der Waals surface area contributed by atoms with E-state index < -0.39 is 16.8 Å². The number of benzene rings is 1. The summed E-state index contributed by atoms with van der Waals surface area (Å²) in [5.74, 6) is -1.73. The highest BCUT2D eigenvalue weighted by Crippen LogP contribution is 2.31. The van der Waals surface area contributed by atoms with Crippen LogP contribution in [0.25, 0.3) is 0 Å². The van der Waals surface area contributed by atoms with Crippen molar-refractivity contribution in [1.82, 2.24) is 0 Å². The molecule has 5 nitrogen and oxygen atoms in total. The summed E-state index contributed by atoms with van der Waals surface area (Å²) < 4.78 is 0.520. The summed E-state index contributed by atoms with van der Waals surface area (Å²) in [7, 11) is 0. The Balaban J connectivity index is 2.32. The molecule has 110 valence electrons. The predicted octanol–water partition coefficient (Wildman–Crippen LogP) is 4.03. The van der Waals surface area contributed by atoms with Gasteiger partial charge in [0.05, 0.1) is 15.2 Å². The minimum absolute atomic E-state index is 0.000788. The monoisotopic (exact) mass is 325 g/mol. The number of carboxylic acids is 1. The van der Waals surface area contributed by atoms with E-state index in [1.807, 2.05) is 0 Å². The van der Waals surface area contributed by atoms with Crippen LogP contribution in [0.2, 0.25) is 4.34 Å². The molecule has 0 amide bonds. The number of halogens is 1. The maximum atomic E-state index is 11.4. The van der Waals surface area contributed by atoms with E-state index in [0.717, 1.165) is 0 Å². The van der Waals surface area contributed by atoms with Gasteiger partial charge in [-0.2, -0.15) is 0 Å². The number of nitro benzene ring substituents is 1. The molecule has 0 fully saturated rings. The third kappa shape index (κ3) is 3.59. The number of hydrogen-bond acceptors (Lipinski definition) is 4. The highest BCUT2D eigenvalue weighted by atomic mass is 35.5. The summed E-state index contributed by atoms with van der Waals surface area (Å²) in [5, 5.41) is 20.3. The molecule has 1 aromatic carbocycles. The summed E-state index contributed by atoms with van der Waals surface area (Å²) in [5.41, 5.74) is 1.17. The Kier molecular flexibility index (Phi) is 4.59. The summed E-state index contributed by atoms with van der Waals surface area (Å²) in [4.78, 5) is 22.5. The number of carbonyl (C=O) groups is 1. The quantitative estimate of drug-likeness (QED) is 0.664. The number of nitrogens with zero attached hydrogens (tertiary/aromatic N) is 1. The van der Waals surface area contributed by atoms with E-state index in [9.17, 15) is 20.0 Å². The maximum Gasteiger partial charge on any atom is 0.312 e. The number of rotatable bonds is 5. The fraction of sp³-hybridized carbons (Fsp3) is 0.214. The van der Waals surface area contributed by atoms with Gasteiger partial charge in [0.1, 0.15) is 0 Å². The van der Waals surface area contributed by atoms with Crippen molar-refractivity contribution in [2.24, 2.45) is 0 Å². The van der Waals surface area contributed by atoms with Crippen molar-refractivity contribution in [1.29, 1.82) is 0 Å². The van der Waals surface area contributed by atoms with E-state index in [1.165, 1.54) is 17.4 Å². The Morgan fingerprint density at radius 2 is 2.14 bits per heavy atom. The van der Waals surface area contributed by atoms with Crippen LogP contribution < -0.4 is 0 Å². The van der Waals surface area contributed by atoms with E-state index in [1.54, 1.807) is 31.2 Å². The number of thiophene rings is 1. The fourth-order valence-electron chi connectivity index (χ4n) is 2.04. The Morgan fingerprint density at radius 3 is 2.67 bits per heavy atom. The molecular formula is C14H12ClNO4S. The second-order valence-electron chi connectivity index (χ2n) is 4.61. The Morgan fingerprint density at radius 1 is 1.43 bits per heavy atom. The van der Waals surface area contributed by atoms with Crippen molar-refractivity contribution in [2.75, 3.05) is 0 Å². The summed E-state index contributed by atoms with van der Waals surface area (Å²) >= 11 is 7.04. The molecule has 1 heterocycles. The molecule has 2 aromatic rings. The van der Waals surface area contributed by atoms with Crippen LogP contribution in [0.3, 0.4) is 0 Å². The fourth-order valence-corrected chi connectivity index (χ4v) is 3.19. The Bertz CT molecular complexity index is 698. The van der Waals surface area contributed by atoms with Gasteiger partial charge in [0.25, 0.3) is 5.69 Å². The van der Waals surface area contributed by atoms with E-state index >= 15 is 0 Å². The second-order valence-corrected chi connectivity index (χ2v) is 6.36. The molecule has 0 aliphatic carbocycles. The lowest BCUT2D eigenvalue weighted by Gasteiger charge is -2.11. The summed E-state index contributed by atoms with van der Waals surface area (Å²) in [6, 6.07) is 8.10. The third-order valence-electron chi connectivity index (χ3n) is 3.15. The average Bonchev–Trinajstić information content (AvgIpc) is 2.83. The average molecular weight is 326 g/mol. The molecule has 0 aliphatic rings. The molecule has 1 unspecified atom stereocenters. The predicted molar refractivity (Wildman–Crippen MR) is 81.2 cm³/mol. The highest BCUT2D eigenvalue weighted by molar-refractivity contribution is 7.16. The van der Waals surface area contributed by atoms with Gasteiger partial charge in [-0.05, 0) is 31.0 Å². The van der Waals surface area contributed by atoms with Crippen molar-refractivity contribution in [3.05, 3.63) is 60.8 Å². The first kappa shape index (κ1) is 15.5. The number of nitro groups is 1. The standard InChI is InChI=1S/C14H12ClNO4S/c1-8-2-3-9(7-11(8)16(19)20)6-10(14(17)18)12-4-5-13(15)21-12/h2-5,7,10H,6H2,1H3,(H,17,18). The Labute approximate surface area is 130 Å². The van der Waals surface area contributed by atoms with Crippen LogP contribution in [0.15, 0.2) is 30.3 Å². The van der Waals surface area contributed by atoms with Gasteiger partial charge in [0.2, 0.25) is 0 Å². The van der Waals surface area contributed by atoms with E-state index in [-0.39, 0.29) is 12.1 Å². The second kappa shape index (κ2) is 6.24. The van der Waals surface area contributed by atoms with Gasteiger partial charge in [0, 0.05) is 16.5 Å². The molecular weight excluding hydrogens is 314 g/mol. The summed E-state index contributed by atoms with van der Waals surface area (Å²) in [6.45, 7) is 1.65. The van der Waals surface area contributed by atoms with Crippen LogP contribution in [0.4, 0.5) is 5.69 Å². The lowest BCUT2D eigenvalue weighted by molar-refractivity contribution is -0.385. The summed E-state index contributed by atoms with van der Waals surface area (Å²) in [6.07, 6.45) is 0.188. The van der Waals surface area contributed by atoms with Crippen LogP contribution in [0.1, 0.15) is 21.9 Å². The van der Waals surface area contributed by atoms with Crippen molar-refractivity contribution < 1.29 is 14.8 Å². The molecule has 7 heteroatoms. The molecule has 1 aromatic heterocycles. The topological polar surface area (TPSA) is 80.4 Å². The van der Waals surface area contributed by atoms with Crippen molar-refractivity contribution in [3.8, 4) is 0 Å². The minimum atomic E-state index is -0.975. The third-order valence-corrected chi connectivity index (χ3v) is 4.49. The van der Waals surface area contributed by atoms with Gasteiger partial charge in [-0.15, -0.1) is 11.3 Å². The highest BCUT2D eigenvalue weighted by Gasteiger charge is 2.23. The van der Waals surface area contributed by atoms with Gasteiger partial charge in [0.15, 0.2) is 0 Å². The molecule has 0 saturated heterocycles. The first-order valence-electron chi connectivity index (χ1n) is 6.10. The van der Waals surface area contributed by atoms with Crippen molar-refractivity contribution >= 4 is 34.6 Å². The van der Waals surface area contributed by atoms with Crippen LogP contribution in [-0.2, 0) is 11.2 Å². The normalized spacial score (nSPS) is 12.1. The largest absolute Gasteiger partial charge is 0.481 e. The van der Waals surface area contributed by atoms with Gasteiger partial charge in [-0.25, -0.2) is 0 Å². The number of aryl methyl sites for hydroxylation is 1. The van der Waals surface area contributed by atoms with Gasteiger partial charge < -0.3 is 5.11 Å². The molecule has 1 N–H and O–H groups in total. The van der Waals surface area contributed by atoms with E-state index in [2.05, 4.69) is 0 Å². The van der Waals surface area contributed by atoms with Crippen LogP contribution in [0, 0.1) is 17.0 Å². The van der Waals surface area contributed by atoms with E-state index in [0.29, 0.717) is 20.3 Å². The molecule has 0 saturated carbocycles. The first-order valence-corrected chi connectivity index (χ1v) is 7.30. The van der Waals surface area contributed by atoms with Crippen LogP contribution in [0.5, 0.6) is 0 Å². The van der Waals surface area contributed by atoms with E-state index in [4.69, 9.17) is 11.6 Å². The first-order chi connectivity index (χ1) is 9.88. The lowest BCUT2D eigenvalue weighted by Crippen LogP contribution is -2.13. The van der Waals surface area contributed by atoms with Crippen molar-refractivity contribution in [2.45, 2.75) is 19.3 Å². The lowest BCUT2D eigenvalue weighted by atomic mass is 9.96. The molecule has 0 aliphatic heterocycles. The van der Waals surface area contributed by atoms with Crippen molar-refractivity contribution in [3.63, 3.8) is 0 Å². The zero-order chi connectivity index (χ0) is 15.6. The molecule has 2 rings (SSSR count). The molecule has 0 bridgehead atoms. The van der Waals surface area contributed by atoms with Crippen LogP contribution >= 0.6 is 22.9 Å². The number of aliphatic carboxylic acids is 1. The number of hydrogen-bond donors (Lipinski definition) is 1. The zero-order valence-corrected chi connectivity index (χ0v) is 12.6. The zero-order valence-electron chi connectivity index (χ0n) is 11.1. The smallest absolute Gasteiger partial charge is 0.312 e. The molecule has 1 atom stereocenters. The molecule has 0 spiro atoms. The van der Waals surface area contributed by atoms with Gasteiger partial charge in [-0.3, -0.25) is 14.9 Å². The maximum absolute atomic E-state index is 11.4. The minimum Gasteiger partial charge on any atom is -0.481 e.